The highest BCUT2D eigenvalue weighted by Crippen LogP contribution is 2.40. The van der Waals surface area contributed by atoms with Gasteiger partial charge in [-0.3, -0.25) is 9.69 Å². The van der Waals surface area contributed by atoms with Crippen LogP contribution in [-0.4, -0.2) is 51.6 Å². The molecule has 1 saturated heterocycles. The Labute approximate surface area is 221 Å². The highest BCUT2D eigenvalue weighted by Gasteiger charge is 2.22. The molecular weight excluding hydrogens is 506 g/mol. The number of rotatable bonds is 9. The Morgan fingerprint density at radius 1 is 1.00 bits per heavy atom. The molecule has 0 radical (unpaired) electrons. The molecule has 37 heavy (non-hydrogen) atoms. The molecule has 0 N–H and O–H groups in total. The van der Waals surface area contributed by atoms with Gasteiger partial charge in [0, 0.05) is 39.2 Å². The van der Waals surface area contributed by atoms with Gasteiger partial charge in [-0.15, -0.1) is 11.3 Å². The quantitative estimate of drug-likeness (QED) is 0.198. The fourth-order valence-corrected chi connectivity index (χ4v) is 6.35. The van der Waals surface area contributed by atoms with E-state index in [1.54, 1.807) is 24.3 Å². The standard InChI is InChI=1S/C29H29NO5S2/c1-20-15-16-30(19-20)17-18-34-23-11-7-21(8-12-23)28(31)27-25-5-3-4-6-26(25)36-29(27)22-9-13-24(14-10-22)35-37(2,32)33/h3-14,20H,15-19H2,1-2H3. The summed E-state index contributed by atoms with van der Waals surface area (Å²) in [5, 5.41) is 0.893. The number of hydrogen-bond acceptors (Lipinski definition) is 7. The maximum absolute atomic E-state index is 13.8. The molecule has 0 aliphatic carbocycles. The molecule has 1 fully saturated rings. The van der Waals surface area contributed by atoms with Crippen molar-refractivity contribution < 1.29 is 22.1 Å². The Morgan fingerprint density at radius 3 is 2.38 bits per heavy atom. The van der Waals surface area contributed by atoms with Crippen LogP contribution in [0.1, 0.15) is 29.3 Å². The molecule has 1 unspecified atom stereocenters. The van der Waals surface area contributed by atoms with Crippen LogP contribution in [0.5, 0.6) is 11.5 Å². The second-order valence-electron chi connectivity index (χ2n) is 9.51. The minimum atomic E-state index is -3.61. The van der Waals surface area contributed by atoms with Crippen LogP contribution in [0.4, 0.5) is 0 Å². The van der Waals surface area contributed by atoms with E-state index in [0.29, 0.717) is 17.7 Å². The number of hydrogen-bond donors (Lipinski definition) is 0. The molecule has 0 amide bonds. The van der Waals surface area contributed by atoms with Crippen molar-refractivity contribution in [2.45, 2.75) is 13.3 Å². The van der Waals surface area contributed by atoms with E-state index in [9.17, 15) is 13.2 Å². The molecule has 1 aliphatic heterocycles. The van der Waals surface area contributed by atoms with Crippen molar-refractivity contribution in [1.82, 2.24) is 4.90 Å². The van der Waals surface area contributed by atoms with E-state index in [-0.39, 0.29) is 11.5 Å². The normalized spacial score (nSPS) is 16.2. The summed E-state index contributed by atoms with van der Waals surface area (Å²) in [5.41, 5.74) is 2.04. The Kier molecular flexibility index (Phi) is 7.33. The van der Waals surface area contributed by atoms with Crippen molar-refractivity contribution in [1.29, 1.82) is 0 Å². The first-order chi connectivity index (χ1) is 17.8. The van der Waals surface area contributed by atoms with Crippen molar-refractivity contribution in [2.24, 2.45) is 5.92 Å². The molecule has 6 nitrogen and oxygen atoms in total. The third kappa shape index (κ3) is 6.04. The van der Waals surface area contributed by atoms with Crippen LogP contribution < -0.4 is 8.92 Å². The lowest BCUT2D eigenvalue weighted by molar-refractivity contribution is 0.104. The van der Waals surface area contributed by atoms with Crippen molar-refractivity contribution in [3.05, 3.63) is 83.9 Å². The molecule has 1 aromatic heterocycles. The van der Waals surface area contributed by atoms with Gasteiger partial charge in [0.2, 0.25) is 0 Å². The average molecular weight is 536 g/mol. The Balaban J connectivity index is 1.37. The SMILES string of the molecule is CC1CCN(CCOc2ccc(C(=O)c3c(-c4ccc(OS(C)(=O)=O)cc4)sc4ccccc34)cc2)C1. The van der Waals surface area contributed by atoms with Gasteiger partial charge < -0.3 is 8.92 Å². The van der Waals surface area contributed by atoms with Gasteiger partial charge in [0.1, 0.15) is 18.1 Å². The zero-order chi connectivity index (χ0) is 26.0. The van der Waals surface area contributed by atoms with Crippen molar-refractivity contribution in [2.75, 3.05) is 32.5 Å². The molecule has 3 aromatic carbocycles. The number of likely N-dealkylation sites (tertiary alicyclic amines) is 1. The summed E-state index contributed by atoms with van der Waals surface area (Å²) in [6.07, 6.45) is 2.25. The van der Waals surface area contributed by atoms with E-state index in [1.807, 2.05) is 48.5 Å². The van der Waals surface area contributed by atoms with E-state index < -0.39 is 10.1 Å². The molecular formula is C29H29NO5S2. The number of carbonyl (C=O) groups excluding carboxylic acids is 1. The van der Waals surface area contributed by atoms with Gasteiger partial charge in [0.05, 0.1) is 6.26 Å². The fourth-order valence-electron chi connectivity index (χ4n) is 4.68. The topological polar surface area (TPSA) is 72.9 Å². The second kappa shape index (κ2) is 10.7. The first-order valence-electron chi connectivity index (χ1n) is 12.3. The number of nitrogens with zero attached hydrogens (tertiary/aromatic N) is 1. The lowest BCUT2D eigenvalue weighted by Crippen LogP contribution is -2.25. The maximum Gasteiger partial charge on any atom is 0.306 e. The number of ether oxygens (including phenoxy) is 1. The molecule has 2 heterocycles. The number of fused-ring (bicyclic) bond motifs is 1. The van der Waals surface area contributed by atoms with E-state index in [1.165, 1.54) is 17.8 Å². The minimum absolute atomic E-state index is 0.0680. The number of thiophene rings is 1. The van der Waals surface area contributed by atoms with E-state index >= 15 is 0 Å². The third-order valence-electron chi connectivity index (χ3n) is 6.49. The predicted molar refractivity (Wildman–Crippen MR) is 148 cm³/mol. The molecule has 192 valence electrons. The third-order valence-corrected chi connectivity index (χ3v) is 8.20. The van der Waals surface area contributed by atoms with Crippen LogP contribution in [-0.2, 0) is 10.1 Å². The lowest BCUT2D eigenvalue weighted by Gasteiger charge is -2.15. The molecule has 1 atom stereocenters. The van der Waals surface area contributed by atoms with Crippen LogP contribution >= 0.6 is 11.3 Å². The molecule has 1 aliphatic rings. The summed E-state index contributed by atoms with van der Waals surface area (Å²) >= 11 is 1.54. The Hall–Kier alpha value is -3.20. The van der Waals surface area contributed by atoms with Crippen LogP contribution in [0.25, 0.3) is 20.5 Å². The van der Waals surface area contributed by atoms with Gasteiger partial charge in [-0.25, -0.2) is 0 Å². The monoisotopic (exact) mass is 535 g/mol. The molecule has 5 rings (SSSR count). The first-order valence-corrected chi connectivity index (χ1v) is 14.9. The second-order valence-corrected chi connectivity index (χ2v) is 12.1. The predicted octanol–water partition coefficient (Wildman–Crippen LogP) is 5.86. The average Bonchev–Trinajstić information content (AvgIpc) is 3.47. The Morgan fingerprint density at radius 2 is 1.70 bits per heavy atom. The molecule has 8 heteroatoms. The van der Waals surface area contributed by atoms with Gasteiger partial charge >= 0.3 is 10.1 Å². The smallest absolute Gasteiger partial charge is 0.306 e. The first kappa shape index (κ1) is 25.4. The van der Waals surface area contributed by atoms with Crippen molar-refractivity contribution in [3.63, 3.8) is 0 Å². The van der Waals surface area contributed by atoms with Gasteiger partial charge in [-0.1, -0.05) is 25.1 Å². The van der Waals surface area contributed by atoms with Crippen molar-refractivity contribution >= 4 is 37.3 Å². The fraction of sp³-hybridized carbons (Fsp3) is 0.276. The number of carbonyl (C=O) groups is 1. The highest BCUT2D eigenvalue weighted by atomic mass is 32.2. The van der Waals surface area contributed by atoms with Crippen LogP contribution in [0.15, 0.2) is 72.8 Å². The van der Waals surface area contributed by atoms with Gasteiger partial charge in [0.25, 0.3) is 0 Å². The lowest BCUT2D eigenvalue weighted by atomic mass is 9.97. The summed E-state index contributed by atoms with van der Waals surface area (Å²) in [4.78, 5) is 17.0. The molecule has 0 bridgehead atoms. The van der Waals surface area contributed by atoms with Crippen LogP contribution in [0.3, 0.4) is 0 Å². The number of ketones is 1. The highest BCUT2D eigenvalue weighted by molar-refractivity contribution is 7.86. The van der Waals surface area contributed by atoms with Crippen molar-refractivity contribution in [3.8, 4) is 21.9 Å². The van der Waals surface area contributed by atoms with E-state index in [0.717, 1.165) is 58.1 Å². The minimum Gasteiger partial charge on any atom is -0.492 e. The summed E-state index contributed by atoms with van der Waals surface area (Å²) < 4.78 is 34.8. The summed E-state index contributed by atoms with van der Waals surface area (Å²) in [5.74, 6) is 1.67. The van der Waals surface area contributed by atoms with E-state index in [2.05, 4.69) is 11.8 Å². The number of benzene rings is 3. The zero-order valence-electron chi connectivity index (χ0n) is 20.8. The molecule has 4 aromatic rings. The molecule has 0 saturated carbocycles. The van der Waals surface area contributed by atoms with Crippen LogP contribution in [0.2, 0.25) is 0 Å². The Bertz CT molecular complexity index is 1510. The van der Waals surface area contributed by atoms with Gasteiger partial charge in [-0.2, -0.15) is 8.42 Å². The maximum atomic E-state index is 13.8. The van der Waals surface area contributed by atoms with Crippen LogP contribution in [0, 0.1) is 5.92 Å². The largest absolute Gasteiger partial charge is 0.492 e. The molecule has 0 spiro atoms. The van der Waals surface area contributed by atoms with Gasteiger partial charge in [-0.05, 0) is 79.0 Å². The van der Waals surface area contributed by atoms with Gasteiger partial charge in [0.15, 0.2) is 5.78 Å². The summed E-state index contributed by atoms with van der Waals surface area (Å²) in [6.45, 7) is 6.06. The zero-order valence-corrected chi connectivity index (χ0v) is 22.5. The summed E-state index contributed by atoms with van der Waals surface area (Å²) in [7, 11) is -3.61. The summed E-state index contributed by atoms with van der Waals surface area (Å²) in [6, 6.07) is 21.9. The van der Waals surface area contributed by atoms with E-state index in [4.69, 9.17) is 8.92 Å².